The van der Waals surface area contributed by atoms with E-state index < -0.39 is 0 Å². The third-order valence-electron chi connectivity index (χ3n) is 4.34. The molecule has 6 heteroatoms. The monoisotopic (exact) mass is 344 g/mol. The van der Waals surface area contributed by atoms with Gasteiger partial charge in [-0.2, -0.15) is 0 Å². The van der Waals surface area contributed by atoms with Crippen molar-refractivity contribution in [1.82, 2.24) is 10.6 Å². The lowest BCUT2D eigenvalue weighted by Crippen LogP contribution is -2.36. The average molecular weight is 344 g/mol. The topological polar surface area (TPSA) is 75.3 Å². The highest BCUT2D eigenvalue weighted by molar-refractivity contribution is 6.24. The lowest BCUT2D eigenvalue weighted by Gasteiger charge is -2.18. The fourth-order valence-corrected chi connectivity index (χ4v) is 2.60. The zero-order valence-corrected chi connectivity index (χ0v) is 14.5. The zero-order chi connectivity index (χ0) is 18.6. The molecular formula is C19H21FN2O3. The molecule has 1 aliphatic rings. The van der Waals surface area contributed by atoms with Crippen molar-refractivity contribution >= 4 is 17.6 Å². The molecule has 0 saturated carbocycles. The predicted molar refractivity (Wildman–Crippen MR) is 92.3 cm³/mol. The van der Waals surface area contributed by atoms with Crippen molar-refractivity contribution < 1.29 is 18.8 Å². The van der Waals surface area contributed by atoms with Crippen LogP contribution < -0.4 is 10.6 Å². The molecular weight excluding hydrogens is 323 g/mol. The predicted octanol–water partition coefficient (Wildman–Crippen LogP) is 2.82. The van der Waals surface area contributed by atoms with Crippen molar-refractivity contribution in [3.63, 3.8) is 0 Å². The Kier molecular flexibility index (Phi) is 5.85. The summed E-state index contributed by atoms with van der Waals surface area (Å²) in [5.41, 5.74) is 2.62. The van der Waals surface area contributed by atoms with Crippen LogP contribution in [0.3, 0.4) is 0 Å². The molecule has 0 atom stereocenters. The van der Waals surface area contributed by atoms with Gasteiger partial charge in [0.05, 0.1) is 0 Å². The molecule has 5 nitrogen and oxygen atoms in total. The highest BCUT2D eigenvalue weighted by Crippen LogP contribution is 2.25. The Morgan fingerprint density at radius 1 is 0.920 bits per heavy atom. The van der Waals surface area contributed by atoms with E-state index in [1.165, 1.54) is 12.1 Å². The third-order valence-corrected chi connectivity index (χ3v) is 4.34. The number of urea groups is 1. The van der Waals surface area contributed by atoms with Crippen molar-refractivity contribution in [2.24, 2.45) is 0 Å². The molecule has 0 aromatic heterocycles. The van der Waals surface area contributed by atoms with Gasteiger partial charge in [-0.1, -0.05) is 12.1 Å². The van der Waals surface area contributed by atoms with Gasteiger partial charge < -0.3 is 10.6 Å². The number of nitrogens with one attached hydrogen (secondary N) is 2. The van der Waals surface area contributed by atoms with Gasteiger partial charge in [-0.05, 0) is 44.9 Å². The Hall–Kier alpha value is -2.76. The molecule has 1 aliphatic carbocycles. The van der Waals surface area contributed by atoms with Crippen LogP contribution in [0.2, 0.25) is 0 Å². The van der Waals surface area contributed by atoms with Crippen LogP contribution in [0.5, 0.6) is 0 Å². The van der Waals surface area contributed by atoms with E-state index in [0.29, 0.717) is 28.7 Å². The molecule has 0 spiro atoms. The van der Waals surface area contributed by atoms with Crippen molar-refractivity contribution in [3.8, 4) is 0 Å². The van der Waals surface area contributed by atoms with Gasteiger partial charge in [-0.25, -0.2) is 9.18 Å². The molecule has 2 amide bonds. The van der Waals surface area contributed by atoms with E-state index in [0.717, 1.165) is 5.56 Å². The number of amides is 2. The largest absolute Gasteiger partial charge is 0.338 e. The summed E-state index contributed by atoms with van der Waals surface area (Å²) >= 11 is 0. The SMILES string of the molecule is CC1=C(C)C(=O)C(CCNC(=O)NCc2ccc(F)cc2)=C(C)C1=O. The maximum Gasteiger partial charge on any atom is 0.315 e. The fraction of sp³-hybridized carbons (Fsp3) is 0.316. The maximum absolute atomic E-state index is 12.8. The van der Waals surface area contributed by atoms with Crippen molar-refractivity contribution in [1.29, 1.82) is 0 Å². The molecule has 0 aliphatic heterocycles. The first-order chi connectivity index (χ1) is 11.8. The Morgan fingerprint density at radius 2 is 1.52 bits per heavy atom. The molecule has 0 heterocycles. The highest BCUT2D eigenvalue weighted by atomic mass is 19.1. The number of benzene rings is 1. The lowest BCUT2D eigenvalue weighted by molar-refractivity contribution is -0.116. The van der Waals surface area contributed by atoms with E-state index in [9.17, 15) is 18.8 Å². The first-order valence-electron chi connectivity index (χ1n) is 8.04. The van der Waals surface area contributed by atoms with Crippen LogP contribution in [0.1, 0.15) is 32.8 Å². The molecule has 25 heavy (non-hydrogen) atoms. The molecule has 0 saturated heterocycles. The number of Topliss-reactive ketones (excluding diaryl/α,β-unsaturated/α-hetero) is 2. The van der Waals surface area contributed by atoms with Crippen LogP contribution in [0, 0.1) is 5.82 Å². The summed E-state index contributed by atoms with van der Waals surface area (Å²) in [6, 6.07) is 5.45. The van der Waals surface area contributed by atoms with Crippen molar-refractivity contribution in [2.45, 2.75) is 33.7 Å². The molecule has 2 N–H and O–H groups in total. The van der Waals surface area contributed by atoms with Gasteiger partial charge in [-0.15, -0.1) is 0 Å². The standard InChI is InChI=1S/C19H21FN2O3/c1-11-12(2)18(24)16(13(3)17(11)23)8-9-21-19(25)22-10-14-4-6-15(20)7-5-14/h4-7H,8-10H2,1-3H3,(H2,21,22,25). The molecule has 132 valence electrons. The first kappa shape index (κ1) is 18.6. The van der Waals surface area contributed by atoms with Crippen molar-refractivity contribution in [2.75, 3.05) is 6.54 Å². The Balaban J connectivity index is 1.84. The quantitative estimate of drug-likeness (QED) is 0.807. The second-order valence-electron chi connectivity index (χ2n) is 6.00. The zero-order valence-electron chi connectivity index (χ0n) is 14.5. The smallest absolute Gasteiger partial charge is 0.315 e. The van der Waals surface area contributed by atoms with Gasteiger partial charge in [0, 0.05) is 35.4 Å². The second kappa shape index (κ2) is 7.88. The van der Waals surface area contributed by atoms with Gasteiger partial charge in [0.2, 0.25) is 0 Å². The number of carbonyl (C=O) groups excluding carboxylic acids is 3. The molecule has 0 unspecified atom stereocenters. The summed E-state index contributed by atoms with van der Waals surface area (Å²) in [5, 5.41) is 5.31. The molecule has 1 aromatic carbocycles. The van der Waals surface area contributed by atoms with Gasteiger partial charge in [0.25, 0.3) is 0 Å². The molecule has 1 aromatic rings. The number of hydrogen-bond donors (Lipinski definition) is 2. The van der Waals surface area contributed by atoms with E-state index in [2.05, 4.69) is 10.6 Å². The van der Waals surface area contributed by atoms with Gasteiger partial charge in [0.15, 0.2) is 11.6 Å². The number of rotatable bonds is 5. The number of hydrogen-bond acceptors (Lipinski definition) is 3. The minimum atomic E-state index is -0.388. The first-order valence-corrected chi connectivity index (χ1v) is 8.04. The Bertz CT molecular complexity index is 776. The Labute approximate surface area is 146 Å². The third kappa shape index (κ3) is 4.41. The second-order valence-corrected chi connectivity index (χ2v) is 6.00. The summed E-state index contributed by atoms with van der Waals surface area (Å²) in [4.78, 5) is 36.2. The van der Waals surface area contributed by atoms with Crippen LogP contribution >= 0.6 is 0 Å². The number of ketones is 2. The van der Waals surface area contributed by atoms with Crippen LogP contribution in [-0.4, -0.2) is 24.1 Å². The number of halogens is 1. The summed E-state index contributed by atoms with van der Waals surface area (Å²) < 4.78 is 12.8. The summed E-state index contributed by atoms with van der Waals surface area (Å²) in [7, 11) is 0. The van der Waals surface area contributed by atoms with Crippen LogP contribution in [0.25, 0.3) is 0 Å². The van der Waals surface area contributed by atoms with Crippen LogP contribution in [-0.2, 0) is 16.1 Å². The minimum absolute atomic E-state index is 0.118. The molecule has 0 radical (unpaired) electrons. The fourth-order valence-electron chi connectivity index (χ4n) is 2.60. The summed E-state index contributed by atoms with van der Waals surface area (Å²) in [6.45, 7) is 5.45. The highest BCUT2D eigenvalue weighted by Gasteiger charge is 2.27. The van der Waals surface area contributed by atoms with Crippen molar-refractivity contribution in [3.05, 3.63) is 57.9 Å². The molecule has 2 rings (SSSR count). The minimum Gasteiger partial charge on any atom is -0.338 e. The van der Waals surface area contributed by atoms with E-state index >= 15 is 0 Å². The normalized spacial score (nSPS) is 14.9. The van der Waals surface area contributed by atoms with Gasteiger partial charge in [-0.3, -0.25) is 9.59 Å². The molecule has 0 fully saturated rings. The van der Waals surface area contributed by atoms with Crippen LogP contribution in [0.15, 0.2) is 46.6 Å². The number of carbonyl (C=O) groups is 3. The van der Waals surface area contributed by atoms with Gasteiger partial charge in [0.1, 0.15) is 5.82 Å². The maximum atomic E-state index is 12.8. The van der Waals surface area contributed by atoms with E-state index in [-0.39, 0.29) is 36.5 Å². The van der Waals surface area contributed by atoms with Crippen LogP contribution in [0.4, 0.5) is 9.18 Å². The summed E-state index contributed by atoms with van der Waals surface area (Å²) in [6.07, 6.45) is 0.297. The van der Waals surface area contributed by atoms with E-state index in [1.54, 1.807) is 32.9 Å². The average Bonchev–Trinajstić information content (AvgIpc) is 2.60. The lowest BCUT2D eigenvalue weighted by atomic mass is 9.84. The number of allylic oxidation sites excluding steroid dienone is 3. The Morgan fingerprint density at radius 3 is 2.16 bits per heavy atom. The van der Waals surface area contributed by atoms with E-state index in [4.69, 9.17) is 0 Å². The molecule has 0 bridgehead atoms. The summed E-state index contributed by atoms with van der Waals surface area (Å²) in [5.74, 6) is -0.584. The van der Waals surface area contributed by atoms with Gasteiger partial charge >= 0.3 is 6.03 Å². The van der Waals surface area contributed by atoms with E-state index in [1.807, 2.05) is 0 Å².